The van der Waals surface area contributed by atoms with Gasteiger partial charge in [-0.15, -0.1) is 0 Å². The van der Waals surface area contributed by atoms with Crippen LogP contribution >= 0.6 is 0 Å². The standard InChI is InChI=1S/C14H23NO3S/c1-3-4-11-18-12-7-10-15-13-8-5-6-9-14(13)19(2,16)17/h5-6,8-9,15H,3-4,7,10-12H2,1-2H3. The molecule has 0 fully saturated rings. The first kappa shape index (κ1) is 16.0. The molecule has 0 radical (unpaired) electrons. The second-order valence-corrected chi connectivity index (χ2v) is 6.50. The summed E-state index contributed by atoms with van der Waals surface area (Å²) < 4.78 is 28.6. The van der Waals surface area contributed by atoms with E-state index in [2.05, 4.69) is 12.2 Å². The predicted molar refractivity (Wildman–Crippen MR) is 78.4 cm³/mol. The summed E-state index contributed by atoms with van der Waals surface area (Å²) in [6.07, 6.45) is 4.31. The summed E-state index contributed by atoms with van der Waals surface area (Å²) in [5.41, 5.74) is 0.665. The third-order valence-electron chi connectivity index (χ3n) is 2.71. The van der Waals surface area contributed by atoms with Gasteiger partial charge in [-0.3, -0.25) is 0 Å². The summed E-state index contributed by atoms with van der Waals surface area (Å²) in [4.78, 5) is 0.349. The minimum Gasteiger partial charge on any atom is -0.384 e. The van der Waals surface area contributed by atoms with E-state index in [0.29, 0.717) is 23.7 Å². The Hall–Kier alpha value is -1.07. The van der Waals surface area contributed by atoms with Gasteiger partial charge in [-0.1, -0.05) is 25.5 Å². The molecule has 0 amide bonds. The fourth-order valence-corrected chi connectivity index (χ4v) is 2.55. The summed E-state index contributed by atoms with van der Waals surface area (Å²) in [6.45, 7) is 4.34. The van der Waals surface area contributed by atoms with E-state index < -0.39 is 9.84 Å². The summed E-state index contributed by atoms with van der Waals surface area (Å²) in [7, 11) is -3.18. The van der Waals surface area contributed by atoms with Crippen LogP contribution in [0.4, 0.5) is 5.69 Å². The SMILES string of the molecule is CCCCOCCCNc1ccccc1S(C)(=O)=O. The summed E-state index contributed by atoms with van der Waals surface area (Å²) >= 11 is 0. The predicted octanol–water partition coefficient (Wildman–Crippen LogP) is 2.71. The molecule has 4 nitrogen and oxygen atoms in total. The average molecular weight is 285 g/mol. The molecule has 0 spiro atoms. The van der Waals surface area contributed by atoms with E-state index in [1.807, 2.05) is 6.07 Å². The number of nitrogens with one attached hydrogen (secondary N) is 1. The number of anilines is 1. The van der Waals surface area contributed by atoms with Crippen LogP contribution in [0.3, 0.4) is 0 Å². The molecule has 5 heteroatoms. The lowest BCUT2D eigenvalue weighted by Crippen LogP contribution is -2.09. The number of para-hydroxylation sites is 1. The number of hydrogen-bond donors (Lipinski definition) is 1. The maximum atomic E-state index is 11.6. The minimum atomic E-state index is -3.18. The fourth-order valence-electron chi connectivity index (χ4n) is 1.68. The average Bonchev–Trinajstić information content (AvgIpc) is 2.37. The Balaban J connectivity index is 2.38. The zero-order chi connectivity index (χ0) is 14.1. The molecular formula is C14H23NO3S. The number of rotatable bonds is 9. The lowest BCUT2D eigenvalue weighted by atomic mass is 10.3. The molecule has 0 atom stereocenters. The number of sulfone groups is 1. The molecule has 108 valence electrons. The van der Waals surface area contributed by atoms with Crippen LogP contribution in [0.5, 0.6) is 0 Å². The Morgan fingerprint density at radius 1 is 1.16 bits per heavy atom. The molecule has 19 heavy (non-hydrogen) atoms. The van der Waals surface area contributed by atoms with Gasteiger partial charge in [-0.05, 0) is 25.0 Å². The van der Waals surface area contributed by atoms with Crippen LogP contribution in [-0.4, -0.2) is 34.4 Å². The van der Waals surface area contributed by atoms with E-state index in [0.717, 1.165) is 25.9 Å². The van der Waals surface area contributed by atoms with Crippen molar-refractivity contribution < 1.29 is 13.2 Å². The summed E-state index contributed by atoms with van der Waals surface area (Å²) in [6, 6.07) is 6.97. The van der Waals surface area contributed by atoms with Gasteiger partial charge in [-0.25, -0.2) is 8.42 Å². The maximum Gasteiger partial charge on any atom is 0.177 e. The van der Waals surface area contributed by atoms with Crippen LogP contribution in [0.25, 0.3) is 0 Å². The first-order valence-electron chi connectivity index (χ1n) is 6.66. The lowest BCUT2D eigenvalue weighted by molar-refractivity contribution is 0.131. The van der Waals surface area contributed by atoms with Gasteiger partial charge in [0, 0.05) is 26.0 Å². The molecule has 0 saturated carbocycles. The summed E-state index contributed by atoms with van der Waals surface area (Å²) in [5.74, 6) is 0. The molecule has 0 aromatic heterocycles. The topological polar surface area (TPSA) is 55.4 Å². The second kappa shape index (κ2) is 8.17. The maximum absolute atomic E-state index is 11.6. The van der Waals surface area contributed by atoms with Crippen molar-refractivity contribution in [3.8, 4) is 0 Å². The van der Waals surface area contributed by atoms with E-state index in [1.54, 1.807) is 18.2 Å². The molecule has 0 aliphatic heterocycles. The number of ether oxygens (including phenoxy) is 1. The highest BCUT2D eigenvalue weighted by molar-refractivity contribution is 7.90. The van der Waals surface area contributed by atoms with E-state index in [9.17, 15) is 8.42 Å². The van der Waals surface area contributed by atoms with Gasteiger partial charge < -0.3 is 10.1 Å². The van der Waals surface area contributed by atoms with Crippen molar-refractivity contribution in [1.82, 2.24) is 0 Å². The van der Waals surface area contributed by atoms with Gasteiger partial charge in [0.25, 0.3) is 0 Å². The highest BCUT2D eigenvalue weighted by Crippen LogP contribution is 2.20. The van der Waals surface area contributed by atoms with Crippen molar-refractivity contribution in [3.05, 3.63) is 24.3 Å². The minimum absolute atomic E-state index is 0.349. The van der Waals surface area contributed by atoms with Crippen LogP contribution in [-0.2, 0) is 14.6 Å². The van der Waals surface area contributed by atoms with E-state index in [-0.39, 0.29) is 0 Å². The molecule has 0 aliphatic rings. The van der Waals surface area contributed by atoms with Crippen molar-refractivity contribution in [2.45, 2.75) is 31.1 Å². The molecular weight excluding hydrogens is 262 g/mol. The van der Waals surface area contributed by atoms with Crippen LogP contribution in [0, 0.1) is 0 Å². The first-order chi connectivity index (χ1) is 9.05. The Labute approximate surface area is 116 Å². The quantitative estimate of drug-likeness (QED) is 0.709. The fraction of sp³-hybridized carbons (Fsp3) is 0.571. The second-order valence-electron chi connectivity index (χ2n) is 4.51. The van der Waals surface area contributed by atoms with E-state index in [4.69, 9.17) is 4.74 Å². The van der Waals surface area contributed by atoms with Gasteiger partial charge >= 0.3 is 0 Å². The normalized spacial score (nSPS) is 11.5. The molecule has 0 heterocycles. The highest BCUT2D eigenvalue weighted by atomic mass is 32.2. The van der Waals surface area contributed by atoms with Crippen LogP contribution < -0.4 is 5.32 Å². The molecule has 0 saturated heterocycles. The lowest BCUT2D eigenvalue weighted by Gasteiger charge is -2.10. The zero-order valence-electron chi connectivity index (χ0n) is 11.7. The molecule has 1 N–H and O–H groups in total. The Bertz CT molecular complexity index is 471. The van der Waals surface area contributed by atoms with Crippen molar-refractivity contribution in [1.29, 1.82) is 0 Å². The van der Waals surface area contributed by atoms with Crippen LogP contribution in [0.2, 0.25) is 0 Å². The number of benzene rings is 1. The van der Waals surface area contributed by atoms with Crippen molar-refractivity contribution in [2.75, 3.05) is 31.3 Å². The van der Waals surface area contributed by atoms with Gasteiger partial charge in [-0.2, -0.15) is 0 Å². The summed E-state index contributed by atoms with van der Waals surface area (Å²) in [5, 5.41) is 3.15. The number of hydrogen-bond acceptors (Lipinski definition) is 4. The Morgan fingerprint density at radius 2 is 1.84 bits per heavy atom. The smallest absolute Gasteiger partial charge is 0.177 e. The van der Waals surface area contributed by atoms with Crippen LogP contribution in [0.15, 0.2) is 29.2 Å². The van der Waals surface area contributed by atoms with Crippen LogP contribution in [0.1, 0.15) is 26.2 Å². The highest BCUT2D eigenvalue weighted by Gasteiger charge is 2.11. The monoisotopic (exact) mass is 285 g/mol. The Kier molecular flexibility index (Phi) is 6.87. The van der Waals surface area contributed by atoms with Crippen molar-refractivity contribution >= 4 is 15.5 Å². The Morgan fingerprint density at radius 3 is 2.53 bits per heavy atom. The van der Waals surface area contributed by atoms with Crippen molar-refractivity contribution in [3.63, 3.8) is 0 Å². The largest absolute Gasteiger partial charge is 0.384 e. The number of unbranched alkanes of at least 4 members (excludes halogenated alkanes) is 1. The first-order valence-corrected chi connectivity index (χ1v) is 8.55. The molecule has 1 aromatic carbocycles. The molecule has 1 rings (SSSR count). The van der Waals surface area contributed by atoms with E-state index >= 15 is 0 Å². The third kappa shape index (κ3) is 6.07. The molecule has 0 aliphatic carbocycles. The van der Waals surface area contributed by atoms with Gasteiger partial charge in [0.15, 0.2) is 9.84 Å². The zero-order valence-corrected chi connectivity index (χ0v) is 12.5. The van der Waals surface area contributed by atoms with Gasteiger partial charge in [0.1, 0.15) is 0 Å². The molecule has 1 aromatic rings. The van der Waals surface area contributed by atoms with E-state index in [1.165, 1.54) is 6.26 Å². The third-order valence-corrected chi connectivity index (χ3v) is 3.86. The van der Waals surface area contributed by atoms with Crippen molar-refractivity contribution in [2.24, 2.45) is 0 Å². The molecule has 0 bridgehead atoms. The van der Waals surface area contributed by atoms with Gasteiger partial charge in [0.05, 0.1) is 10.6 Å². The molecule has 0 unspecified atom stereocenters. The van der Waals surface area contributed by atoms with Gasteiger partial charge in [0.2, 0.25) is 0 Å².